The minimum Gasteiger partial charge on any atom is -0.326 e. The molecule has 2 aromatic carbocycles. The van der Waals surface area contributed by atoms with Gasteiger partial charge in [-0.3, -0.25) is 0 Å². The number of imidazole rings is 1. The fourth-order valence-corrected chi connectivity index (χ4v) is 2.66. The van der Waals surface area contributed by atoms with Crippen molar-refractivity contribution in [1.82, 2.24) is 9.55 Å². The van der Waals surface area contributed by atoms with Crippen LogP contribution in [0.15, 0.2) is 36.7 Å². The van der Waals surface area contributed by atoms with Crippen LogP contribution in [0.3, 0.4) is 0 Å². The van der Waals surface area contributed by atoms with Crippen LogP contribution < -0.4 is 0 Å². The minimum absolute atomic E-state index is 0.665. The van der Waals surface area contributed by atoms with Crippen LogP contribution in [0.5, 0.6) is 0 Å². The first-order valence-electron chi connectivity index (χ1n) is 6.40. The lowest BCUT2D eigenvalue weighted by molar-refractivity contribution is 0.824. The first-order chi connectivity index (χ1) is 9.54. The van der Waals surface area contributed by atoms with E-state index in [1.54, 1.807) is 6.07 Å². The van der Waals surface area contributed by atoms with Gasteiger partial charge in [-0.2, -0.15) is 0 Å². The molecule has 1 heterocycles. The third-order valence-electron chi connectivity index (χ3n) is 3.58. The van der Waals surface area contributed by atoms with E-state index in [0.717, 1.165) is 21.6 Å². The van der Waals surface area contributed by atoms with E-state index in [-0.39, 0.29) is 0 Å². The predicted molar refractivity (Wildman–Crippen MR) is 84.8 cm³/mol. The molecule has 0 N–H and O–H groups in total. The quantitative estimate of drug-likeness (QED) is 0.651. The Morgan fingerprint density at radius 3 is 2.60 bits per heavy atom. The smallest absolute Gasteiger partial charge is 0.0961 e. The van der Waals surface area contributed by atoms with E-state index in [4.69, 9.17) is 23.2 Å². The topological polar surface area (TPSA) is 17.8 Å². The molecule has 0 atom stereocenters. The average molecular weight is 305 g/mol. The molecular weight excluding hydrogens is 291 g/mol. The standard InChI is InChI=1S/C16H14Cl2N2/c1-10-5-15-16(6-11(10)2)20(9-19-15)8-12-7-13(17)3-4-14(12)18/h3-7,9H,8H2,1-2H3. The lowest BCUT2D eigenvalue weighted by Crippen LogP contribution is -1.99. The van der Waals surface area contributed by atoms with Crippen LogP contribution >= 0.6 is 23.2 Å². The van der Waals surface area contributed by atoms with Gasteiger partial charge in [0.15, 0.2) is 0 Å². The number of fused-ring (bicyclic) bond motifs is 1. The zero-order valence-electron chi connectivity index (χ0n) is 11.3. The molecule has 0 aliphatic carbocycles. The first-order valence-corrected chi connectivity index (χ1v) is 7.16. The van der Waals surface area contributed by atoms with Crippen LogP contribution in [0.2, 0.25) is 10.0 Å². The molecule has 20 heavy (non-hydrogen) atoms. The molecule has 2 nitrogen and oxygen atoms in total. The lowest BCUT2D eigenvalue weighted by Gasteiger charge is -2.08. The molecule has 0 unspecified atom stereocenters. The second kappa shape index (κ2) is 5.12. The Kier molecular flexibility index (Phi) is 3.45. The van der Waals surface area contributed by atoms with Crippen LogP contribution in [-0.4, -0.2) is 9.55 Å². The number of hydrogen-bond acceptors (Lipinski definition) is 1. The Bertz CT molecular complexity index is 791. The summed E-state index contributed by atoms with van der Waals surface area (Å²) in [6.45, 7) is 4.87. The Hall–Kier alpha value is -1.51. The van der Waals surface area contributed by atoms with E-state index in [1.807, 2.05) is 18.5 Å². The molecule has 0 amide bonds. The van der Waals surface area contributed by atoms with Crippen LogP contribution in [0.25, 0.3) is 11.0 Å². The SMILES string of the molecule is Cc1cc2ncn(Cc3cc(Cl)ccc3Cl)c2cc1C. The maximum absolute atomic E-state index is 6.23. The molecule has 0 radical (unpaired) electrons. The first kappa shape index (κ1) is 13.5. The zero-order chi connectivity index (χ0) is 14.3. The molecule has 102 valence electrons. The molecule has 0 aliphatic rings. The number of rotatable bonds is 2. The molecule has 0 spiro atoms. The molecule has 3 aromatic rings. The van der Waals surface area contributed by atoms with Crippen molar-refractivity contribution in [2.45, 2.75) is 20.4 Å². The van der Waals surface area contributed by atoms with Gasteiger partial charge in [0.25, 0.3) is 0 Å². The molecule has 0 saturated carbocycles. The van der Waals surface area contributed by atoms with Crippen LogP contribution in [0.4, 0.5) is 0 Å². The van der Waals surface area contributed by atoms with E-state index < -0.39 is 0 Å². The van der Waals surface area contributed by atoms with E-state index in [1.165, 1.54) is 11.1 Å². The fraction of sp³-hybridized carbons (Fsp3) is 0.188. The number of nitrogens with zero attached hydrogens (tertiary/aromatic N) is 2. The summed E-state index contributed by atoms with van der Waals surface area (Å²) < 4.78 is 2.10. The Balaban J connectivity index is 2.07. The summed E-state index contributed by atoms with van der Waals surface area (Å²) in [6, 6.07) is 9.80. The molecule has 4 heteroatoms. The summed E-state index contributed by atoms with van der Waals surface area (Å²) >= 11 is 12.3. The van der Waals surface area contributed by atoms with Crippen molar-refractivity contribution >= 4 is 34.2 Å². The lowest BCUT2D eigenvalue weighted by atomic mass is 10.1. The summed E-state index contributed by atoms with van der Waals surface area (Å²) in [4.78, 5) is 4.46. The highest BCUT2D eigenvalue weighted by atomic mass is 35.5. The monoisotopic (exact) mass is 304 g/mol. The van der Waals surface area contributed by atoms with Crippen LogP contribution in [0.1, 0.15) is 16.7 Å². The van der Waals surface area contributed by atoms with Crippen molar-refractivity contribution in [3.8, 4) is 0 Å². The molecule has 0 fully saturated rings. The van der Waals surface area contributed by atoms with E-state index in [2.05, 4.69) is 35.5 Å². The van der Waals surface area contributed by atoms with Gasteiger partial charge in [0, 0.05) is 10.0 Å². The predicted octanol–water partition coefficient (Wildman–Crippen LogP) is 5.01. The summed E-state index contributed by atoms with van der Waals surface area (Å²) in [6.07, 6.45) is 1.85. The highest BCUT2D eigenvalue weighted by Gasteiger charge is 2.08. The molecule has 0 saturated heterocycles. The minimum atomic E-state index is 0.665. The number of halogens is 2. The second-order valence-corrected chi connectivity index (χ2v) is 5.88. The number of aromatic nitrogens is 2. The van der Waals surface area contributed by atoms with E-state index >= 15 is 0 Å². The van der Waals surface area contributed by atoms with Crippen molar-refractivity contribution in [1.29, 1.82) is 0 Å². The van der Waals surface area contributed by atoms with Crippen molar-refractivity contribution in [3.05, 3.63) is 63.4 Å². The number of hydrogen-bond donors (Lipinski definition) is 0. The third-order valence-corrected chi connectivity index (χ3v) is 4.19. The van der Waals surface area contributed by atoms with Gasteiger partial charge in [0.2, 0.25) is 0 Å². The third kappa shape index (κ3) is 2.41. The molecule has 0 aliphatic heterocycles. The van der Waals surface area contributed by atoms with Crippen molar-refractivity contribution in [2.24, 2.45) is 0 Å². The van der Waals surface area contributed by atoms with Gasteiger partial charge in [-0.05, 0) is 60.9 Å². The zero-order valence-corrected chi connectivity index (χ0v) is 12.8. The highest BCUT2D eigenvalue weighted by Crippen LogP contribution is 2.24. The molecular formula is C16H14Cl2N2. The fourth-order valence-electron chi connectivity index (χ4n) is 2.29. The van der Waals surface area contributed by atoms with Crippen LogP contribution in [0, 0.1) is 13.8 Å². The maximum atomic E-state index is 6.23. The normalized spacial score (nSPS) is 11.2. The van der Waals surface area contributed by atoms with Gasteiger partial charge >= 0.3 is 0 Å². The van der Waals surface area contributed by atoms with Crippen molar-refractivity contribution < 1.29 is 0 Å². The highest BCUT2D eigenvalue weighted by molar-refractivity contribution is 6.33. The second-order valence-electron chi connectivity index (χ2n) is 5.03. The summed E-state index contributed by atoms with van der Waals surface area (Å²) in [5.41, 5.74) is 5.63. The largest absolute Gasteiger partial charge is 0.326 e. The molecule has 0 bridgehead atoms. The van der Waals surface area contributed by atoms with Crippen molar-refractivity contribution in [2.75, 3.05) is 0 Å². The van der Waals surface area contributed by atoms with Crippen LogP contribution in [-0.2, 0) is 6.54 Å². The Morgan fingerprint density at radius 2 is 1.80 bits per heavy atom. The molecule has 3 rings (SSSR count). The van der Waals surface area contributed by atoms with Gasteiger partial charge in [0.1, 0.15) is 0 Å². The molecule has 1 aromatic heterocycles. The summed E-state index contributed by atoms with van der Waals surface area (Å²) in [5, 5.41) is 1.42. The average Bonchev–Trinajstić information content (AvgIpc) is 2.77. The number of aryl methyl sites for hydroxylation is 2. The van der Waals surface area contributed by atoms with Crippen molar-refractivity contribution in [3.63, 3.8) is 0 Å². The van der Waals surface area contributed by atoms with Gasteiger partial charge in [-0.15, -0.1) is 0 Å². The Labute approximate surface area is 128 Å². The van der Waals surface area contributed by atoms with Gasteiger partial charge in [-0.1, -0.05) is 23.2 Å². The maximum Gasteiger partial charge on any atom is 0.0961 e. The van der Waals surface area contributed by atoms with E-state index in [0.29, 0.717) is 11.6 Å². The summed E-state index contributed by atoms with van der Waals surface area (Å²) in [7, 11) is 0. The van der Waals surface area contributed by atoms with Gasteiger partial charge in [0.05, 0.1) is 23.9 Å². The number of benzene rings is 2. The Morgan fingerprint density at radius 1 is 1.05 bits per heavy atom. The van der Waals surface area contributed by atoms with Gasteiger partial charge < -0.3 is 4.57 Å². The van der Waals surface area contributed by atoms with E-state index in [9.17, 15) is 0 Å². The summed E-state index contributed by atoms with van der Waals surface area (Å²) in [5.74, 6) is 0. The van der Waals surface area contributed by atoms with Gasteiger partial charge in [-0.25, -0.2) is 4.98 Å².